The molecule has 0 aliphatic heterocycles. The summed E-state index contributed by atoms with van der Waals surface area (Å²) in [6.07, 6.45) is 1.98. The smallest absolute Gasteiger partial charge is 0.0799 e. The highest BCUT2D eigenvalue weighted by Gasteiger charge is 2.20. The van der Waals surface area contributed by atoms with Crippen molar-refractivity contribution in [1.29, 1.82) is 0 Å². The number of nitrogens with one attached hydrogen (secondary N) is 1. The maximum Gasteiger partial charge on any atom is 0.0799 e. The van der Waals surface area contributed by atoms with Crippen molar-refractivity contribution in [2.45, 2.75) is 18.9 Å². The molecule has 0 spiro atoms. The minimum Gasteiger partial charge on any atom is -0.311 e. The van der Waals surface area contributed by atoms with Crippen LogP contribution in [0.25, 0.3) is 0 Å². The Labute approximate surface area is 102 Å². The Balaban J connectivity index is 2.25. The van der Waals surface area contributed by atoms with Crippen molar-refractivity contribution in [1.82, 2.24) is 15.1 Å². The molecule has 1 aromatic carbocycles. The SMILES string of the molecule is CNC(c1ccn(C)n1)C(C)c1ccccc1. The standard InChI is InChI=1S/C14H19N3/c1-11(12-7-5-4-6-8-12)14(15-2)13-9-10-17(3)16-13/h4-11,14-15H,1-3H3. The van der Waals surface area contributed by atoms with Gasteiger partial charge in [-0.1, -0.05) is 37.3 Å². The van der Waals surface area contributed by atoms with E-state index in [-0.39, 0.29) is 6.04 Å². The van der Waals surface area contributed by atoms with Gasteiger partial charge in [0.05, 0.1) is 11.7 Å². The van der Waals surface area contributed by atoms with Crippen molar-refractivity contribution in [2.75, 3.05) is 7.05 Å². The van der Waals surface area contributed by atoms with Gasteiger partial charge in [0.1, 0.15) is 0 Å². The van der Waals surface area contributed by atoms with E-state index in [0.29, 0.717) is 5.92 Å². The van der Waals surface area contributed by atoms with Crippen LogP contribution in [-0.2, 0) is 7.05 Å². The Bertz CT molecular complexity index is 461. The van der Waals surface area contributed by atoms with Crippen LogP contribution in [0, 0.1) is 0 Å². The van der Waals surface area contributed by atoms with Crippen LogP contribution in [0.2, 0.25) is 0 Å². The molecule has 2 rings (SSSR count). The number of likely N-dealkylation sites (N-methyl/N-ethyl adjacent to an activating group) is 1. The lowest BCUT2D eigenvalue weighted by atomic mass is 9.91. The average Bonchev–Trinajstić information content (AvgIpc) is 2.78. The zero-order valence-corrected chi connectivity index (χ0v) is 10.6. The fourth-order valence-corrected chi connectivity index (χ4v) is 2.20. The minimum absolute atomic E-state index is 0.249. The molecule has 2 unspecified atom stereocenters. The third kappa shape index (κ3) is 2.56. The van der Waals surface area contributed by atoms with Crippen LogP contribution in [0.4, 0.5) is 0 Å². The van der Waals surface area contributed by atoms with Crippen molar-refractivity contribution in [3.05, 3.63) is 53.9 Å². The van der Waals surface area contributed by atoms with Gasteiger partial charge in [0, 0.05) is 19.2 Å². The van der Waals surface area contributed by atoms with Gasteiger partial charge in [-0.3, -0.25) is 4.68 Å². The molecule has 17 heavy (non-hydrogen) atoms. The molecule has 0 amide bonds. The highest BCUT2D eigenvalue weighted by atomic mass is 15.3. The van der Waals surface area contributed by atoms with Crippen molar-refractivity contribution in [3.8, 4) is 0 Å². The molecule has 0 fully saturated rings. The highest BCUT2D eigenvalue weighted by molar-refractivity contribution is 5.23. The molecule has 0 aliphatic carbocycles. The summed E-state index contributed by atoms with van der Waals surface area (Å²) < 4.78 is 1.84. The summed E-state index contributed by atoms with van der Waals surface area (Å²) in [5.41, 5.74) is 2.42. The quantitative estimate of drug-likeness (QED) is 0.873. The summed E-state index contributed by atoms with van der Waals surface area (Å²) in [6.45, 7) is 2.23. The van der Waals surface area contributed by atoms with Gasteiger partial charge in [0.25, 0.3) is 0 Å². The second-order valence-corrected chi connectivity index (χ2v) is 4.38. The Morgan fingerprint density at radius 3 is 2.41 bits per heavy atom. The van der Waals surface area contributed by atoms with E-state index < -0.39 is 0 Å². The molecule has 2 atom stereocenters. The molecule has 0 bridgehead atoms. The van der Waals surface area contributed by atoms with E-state index in [1.165, 1.54) is 5.56 Å². The maximum absolute atomic E-state index is 4.48. The van der Waals surface area contributed by atoms with E-state index in [9.17, 15) is 0 Å². The third-order valence-electron chi connectivity index (χ3n) is 3.19. The number of aryl methyl sites for hydroxylation is 1. The van der Waals surface area contributed by atoms with Crippen LogP contribution in [0.3, 0.4) is 0 Å². The van der Waals surface area contributed by atoms with E-state index in [1.54, 1.807) is 0 Å². The van der Waals surface area contributed by atoms with Crippen molar-refractivity contribution >= 4 is 0 Å². The lowest BCUT2D eigenvalue weighted by Crippen LogP contribution is -2.22. The lowest BCUT2D eigenvalue weighted by Gasteiger charge is -2.22. The topological polar surface area (TPSA) is 29.9 Å². The fraction of sp³-hybridized carbons (Fsp3) is 0.357. The summed E-state index contributed by atoms with van der Waals surface area (Å²) in [7, 11) is 3.93. The number of hydrogen-bond acceptors (Lipinski definition) is 2. The Morgan fingerprint density at radius 1 is 1.18 bits per heavy atom. The van der Waals surface area contributed by atoms with Gasteiger partial charge in [-0.05, 0) is 18.7 Å². The molecule has 0 saturated heterocycles. The summed E-state index contributed by atoms with van der Waals surface area (Å²) in [5, 5.41) is 7.84. The summed E-state index contributed by atoms with van der Waals surface area (Å²) in [4.78, 5) is 0. The van der Waals surface area contributed by atoms with Crippen LogP contribution in [0.1, 0.15) is 30.1 Å². The molecule has 0 aliphatic rings. The van der Waals surface area contributed by atoms with Gasteiger partial charge >= 0.3 is 0 Å². The first-order valence-electron chi connectivity index (χ1n) is 5.94. The fourth-order valence-electron chi connectivity index (χ4n) is 2.20. The van der Waals surface area contributed by atoms with Gasteiger partial charge in [-0.15, -0.1) is 0 Å². The molecule has 90 valence electrons. The van der Waals surface area contributed by atoms with E-state index >= 15 is 0 Å². The van der Waals surface area contributed by atoms with E-state index in [0.717, 1.165) is 5.69 Å². The molecule has 1 N–H and O–H groups in total. The van der Waals surface area contributed by atoms with Crippen LogP contribution in [0.15, 0.2) is 42.6 Å². The van der Waals surface area contributed by atoms with Crippen LogP contribution >= 0.6 is 0 Å². The third-order valence-corrected chi connectivity index (χ3v) is 3.19. The summed E-state index contributed by atoms with van der Waals surface area (Å²) in [6, 6.07) is 12.9. The first-order chi connectivity index (χ1) is 8.22. The van der Waals surface area contributed by atoms with Crippen LogP contribution in [0.5, 0.6) is 0 Å². The van der Waals surface area contributed by atoms with Gasteiger partial charge < -0.3 is 5.32 Å². The van der Waals surface area contributed by atoms with Crippen molar-refractivity contribution in [3.63, 3.8) is 0 Å². The van der Waals surface area contributed by atoms with Gasteiger partial charge in [-0.2, -0.15) is 5.10 Å². The predicted octanol–water partition coefficient (Wildman–Crippen LogP) is 2.48. The molecular formula is C14H19N3. The molecular weight excluding hydrogens is 210 g/mol. The number of nitrogens with zero attached hydrogens (tertiary/aromatic N) is 2. The first-order valence-corrected chi connectivity index (χ1v) is 5.94. The van der Waals surface area contributed by atoms with Gasteiger partial charge in [0.2, 0.25) is 0 Å². The highest BCUT2D eigenvalue weighted by Crippen LogP contribution is 2.28. The van der Waals surface area contributed by atoms with Crippen LogP contribution < -0.4 is 5.32 Å². The summed E-state index contributed by atoms with van der Waals surface area (Å²) in [5.74, 6) is 0.399. The molecule has 0 saturated carbocycles. The van der Waals surface area contributed by atoms with Crippen LogP contribution in [-0.4, -0.2) is 16.8 Å². The Morgan fingerprint density at radius 2 is 1.88 bits per heavy atom. The second-order valence-electron chi connectivity index (χ2n) is 4.38. The van der Waals surface area contributed by atoms with Gasteiger partial charge in [-0.25, -0.2) is 0 Å². The minimum atomic E-state index is 0.249. The van der Waals surface area contributed by atoms with Gasteiger partial charge in [0.15, 0.2) is 0 Å². The zero-order valence-electron chi connectivity index (χ0n) is 10.6. The second kappa shape index (κ2) is 5.15. The van der Waals surface area contributed by atoms with E-state index in [2.05, 4.69) is 47.7 Å². The zero-order chi connectivity index (χ0) is 12.3. The Kier molecular flexibility index (Phi) is 3.59. The molecule has 1 aromatic heterocycles. The van der Waals surface area contributed by atoms with E-state index in [4.69, 9.17) is 0 Å². The first kappa shape index (κ1) is 11.9. The number of aromatic nitrogens is 2. The maximum atomic E-state index is 4.48. The van der Waals surface area contributed by atoms with Crippen molar-refractivity contribution < 1.29 is 0 Å². The van der Waals surface area contributed by atoms with E-state index in [1.807, 2.05) is 31.0 Å². The number of benzene rings is 1. The molecule has 2 aromatic rings. The largest absolute Gasteiger partial charge is 0.311 e. The predicted molar refractivity (Wildman–Crippen MR) is 69.9 cm³/mol. The Hall–Kier alpha value is -1.61. The normalized spacial score (nSPS) is 14.5. The molecule has 1 heterocycles. The molecule has 3 nitrogen and oxygen atoms in total. The molecule has 0 radical (unpaired) electrons. The number of hydrogen-bond donors (Lipinski definition) is 1. The monoisotopic (exact) mass is 229 g/mol. The molecule has 3 heteroatoms. The van der Waals surface area contributed by atoms with Crippen molar-refractivity contribution in [2.24, 2.45) is 7.05 Å². The average molecular weight is 229 g/mol. The lowest BCUT2D eigenvalue weighted by molar-refractivity contribution is 0.489. The summed E-state index contributed by atoms with van der Waals surface area (Å²) >= 11 is 0. The number of rotatable bonds is 4.